The summed E-state index contributed by atoms with van der Waals surface area (Å²) in [5.41, 5.74) is 4.98. The maximum Gasteiger partial charge on any atom is 0.306 e. The van der Waals surface area contributed by atoms with Crippen molar-refractivity contribution in [1.29, 1.82) is 0 Å². The second-order valence-electron chi connectivity index (χ2n) is 5.82. The fraction of sp³-hybridized carbons (Fsp3) is 0.158. The maximum atomic E-state index is 11.9. The Kier molecular flexibility index (Phi) is 9.10. The summed E-state index contributed by atoms with van der Waals surface area (Å²) in [6.07, 6.45) is -0.424. The zero-order chi connectivity index (χ0) is 22.1. The highest BCUT2D eigenvalue weighted by Gasteiger charge is 2.13. The van der Waals surface area contributed by atoms with Crippen LogP contribution in [0.4, 0.5) is 5.69 Å². The van der Waals surface area contributed by atoms with E-state index in [0.717, 1.165) is 4.47 Å². The molecule has 11 heteroatoms. The average molecular weight is 517 g/mol. The van der Waals surface area contributed by atoms with Gasteiger partial charge < -0.3 is 10.1 Å². The smallest absolute Gasteiger partial charge is 0.306 e. The van der Waals surface area contributed by atoms with Crippen molar-refractivity contribution < 1.29 is 23.9 Å². The Hall–Kier alpha value is -2.62. The minimum absolute atomic E-state index is 0.177. The summed E-state index contributed by atoms with van der Waals surface area (Å²) in [6.45, 7) is -0.610. The lowest BCUT2D eigenvalue weighted by molar-refractivity contribution is -0.149. The number of benzene rings is 2. The van der Waals surface area contributed by atoms with E-state index in [9.17, 15) is 19.2 Å². The maximum absolute atomic E-state index is 11.9. The molecule has 0 unspecified atom stereocenters. The van der Waals surface area contributed by atoms with Crippen LogP contribution in [0.1, 0.15) is 23.2 Å². The van der Waals surface area contributed by atoms with E-state index in [1.54, 1.807) is 42.5 Å². The standard InChI is InChI=1S/C19H16BrCl2N3O5/c20-12-6-4-11(5-7-12)19(29)25-24-16(27)10-30-17(28)9-8-15(26)23-14-3-1-2-13(21)18(14)22/h1-7H,8-10H2,(H,23,26)(H,24,27)(H,25,29). The van der Waals surface area contributed by atoms with E-state index >= 15 is 0 Å². The van der Waals surface area contributed by atoms with E-state index in [1.807, 2.05) is 0 Å². The van der Waals surface area contributed by atoms with Crippen molar-refractivity contribution in [1.82, 2.24) is 10.9 Å². The van der Waals surface area contributed by atoms with Crippen LogP contribution in [0.3, 0.4) is 0 Å². The third kappa shape index (κ3) is 7.66. The van der Waals surface area contributed by atoms with Crippen LogP contribution in [-0.4, -0.2) is 30.3 Å². The number of nitrogens with one attached hydrogen (secondary N) is 3. The number of rotatable bonds is 7. The number of hydrazine groups is 1. The quantitative estimate of drug-likeness (QED) is 0.385. The molecule has 30 heavy (non-hydrogen) atoms. The Morgan fingerprint density at radius 1 is 0.900 bits per heavy atom. The third-order valence-corrected chi connectivity index (χ3v) is 4.92. The summed E-state index contributed by atoms with van der Waals surface area (Å²) in [6, 6.07) is 11.2. The lowest BCUT2D eigenvalue weighted by atomic mass is 10.2. The van der Waals surface area contributed by atoms with Gasteiger partial charge in [0.15, 0.2) is 6.61 Å². The fourth-order valence-corrected chi connectivity index (χ4v) is 2.69. The number of hydrogen-bond acceptors (Lipinski definition) is 5. The summed E-state index contributed by atoms with van der Waals surface area (Å²) in [5, 5.41) is 3.01. The molecule has 0 aromatic heterocycles. The molecular formula is C19H16BrCl2N3O5. The van der Waals surface area contributed by atoms with Crippen LogP contribution in [0.25, 0.3) is 0 Å². The molecular weight excluding hydrogens is 501 g/mol. The highest BCUT2D eigenvalue weighted by molar-refractivity contribution is 9.10. The lowest BCUT2D eigenvalue weighted by Crippen LogP contribution is -2.43. The van der Waals surface area contributed by atoms with Gasteiger partial charge in [0.25, 0.3) is 11.8 Å². The molecule has 2 aromatic carbocycles. The van der Waals surface area contributed by atoms with Gasteiger partial charge in [0.1, 0.15) is 0 Å². The van der Waals surface area contributed by atoms with Crippen molar-refractivity contribution in [3.05, 3.63) is 62.5 Å². The molecule has 3 N–H and O–H groups in total. The molecule has 0 aliphatic carbocycles. The molecule has 158 valence electrons. The number of anilines is 1. The van der Waals surface area contributed by atoms with Gasteiger partial charge in [-0.2, -0.15) is 0 Å². The topological polar surface area (TPSA) is 114 Å². The predicted molar refractivity (Wildman–Crippen MR) is 115 cm³/mol. The predicted octanol–water partition coefficient (Wildman–Crippen LogP) is 3.48. The Bertz CT molecular complexity index is 954. The van der Waals surface area contributed by atoms with Crippen LogP contribution in [0, 0.1) is 0 Å². The molecule has 0 aliphatic heterocycles. The van der Waals surface area contributed by atoms with Crippen molar-refractivity contribution >= 4 is 68.5 Å². The molecule has 8 nitrogen and oxygen atoms in total. The molecule has 0 aliphatic rings. The molecule has 0 saturated heterocycles. The van der Waals surface area contributed by atoms with E-state index in [4.69, 9.17) is 27.9 Å². The Labute approximate surface area is 190 Å². The summed E-state index contributed by atoms with van der Waals surface area (Å²) >= 11 is 15.1. The van der Waals surface area contributed by atoms with E-state index in [-0.39, 0.29) is 22.9 Å². The van der Waals surface area contributed by atoms with Gasteiger partial charge in [-0.05, 0) is 36.4 Å². The summed E-state index contributed by atoms with van der Waals surface area (Å²) < 4.78 is 5.57. The largest absolute Gasteiger partial charge is 0.455 e. The number of ether oxygens (including phenoxy) is 1. The van der Waals surface area contributed by atoms with Crippen molar-refractivity contribution in [2.45, 2.75) is 12.8 Å². The number of esters is 1. The molecule has 0 bridgehead atoms. The fourth-order valence-electron chi connectivity index (χ4n) is 2.08. The van der Waals surface area contributed by atoms with E-state index in [0.29, 0.717) is 11.3 Å². The first-order chi connectivity index (χ1) is 14.3. The molecule has 0 fully saturated rings. The van der Waals surface area contributed by atoms with Gasteiger partial charge in [0.05, 0.1) is 22.2 Å². The van der Waals surface area contributed by atoms with E-state index in [2.05, 4.69) is 32.1 Å². The molecule has 0 atom stereocenters. The molecule has 0 heterocycles. The normalized spacial score (nSPS) is 10.1. The van der Waals surface area contributed by atoms with Gasteiger partial charge >= 0.3 is 5.97 Å². The van der Waals surface area contributed by atoms with Gasteiger partial charge in [-0.25, -0.2) is 0 Å². The number of carbonyl (C=O) groups excluding carboxylic acids is 4. The number of amides is 3. The minimum Gasteiger partial charge on any atom is -0.455 e. The van der Waals surface area contributed by atoms with Crippen LogP contribution in [0.15, 0.2) is 46.9 Å². The third-order valence-electron chi connectivity index (χ3n) is 3.57. The molecule has 2 aromatic rings. The minimum atomic E-state index is -0.753. The molecule has 3 amide bonds. The monoisotopic (exact) mass is 515 g/mol. The average Bonchev–Trinajstić information content (AvgIpc) is 2.72. The van der Waals surface area contributed by atoms with Gasteiger partial charge in [-0.15, -0.1) is 0 Å². The summed E-state index contributed by atoms with van der Waals surface area (Å²) in [4.78, 5) is 47.1. The van der Waals surface area contributed by atoms with Crippen molar-refractivity contribution in [3.63, 3.8) is 0 Å². The molecule has 0 spiro atoms. The number of carbonyl (C=O) groups is 4. The van der Waals surface area contributed by atoms with E-state index < -0.39 is 30.3 Å². The van der Waals surface area contributed by atoms with Crippen molar-refractivity contribution in [2.75, 3.05) is 11.9 Å². The number of halogens is 3. The highest BCUT2D eigenvalue weighted by Crippen LogP contribution is 2.29. The zero-order valence-electron chi connectivity index (χ0n) is 15.3. The summed E-state index contributed by atoms with van der Waals surface area (Å²) in [5.74, 6) is -2.48. The zero-order valence-corrected chi connectivity index (χ0v) is 18.4. The van der Waals surface area contributed by atoms with Gasteiger partial charge in [-0.3, -0.25) is 30.0 Å². The van der Waals surface area contributed by atoms with Crippen molar-refractivity contribution in [3.8, 4) is 0 Å². The van der Waals surface area contributed by atoms with Crippen LogP contribution in [0.5, 0.6) is 0 Å². The first-order valence-corrected chi connectivity index (χ1v) is 10.1. The first kappa shape index (κ1) is 23.7. The molecule has 0 radical (unpaired) electrons. The lowest BCUT2D eigenvalue weighted by Gasteiger charge is -2.09. The van der Waals surface area contributed by atoms with Crippen molar-refractivity contribution in [2.24, 2.45) is 0 Å². The van der Waals surface area contributed by atoms with E-state index in [1.165, 1.54) is 0 Å². The number of hydrogen-bond donors (Lipinski definition) is 3. The highest BCUT2D eigenvalue weighted by atomic mass is 79.9. The van der Waals surface area contributed by atoms with Gasteiger partial charge in [-0.1, -0.05) is 45.2 Å². The summed E-state index contributed by atoms with van der Waals surface area (Å²) in [7, 11) is 0. The second kappa shape index (κ2) is 11.5. The Morgan fingerprint density at radius 2 is 1.60 bits per heavy atom. The SMILES string of the molecule is O=C(COC(=O)CCC(=O)Nc1cccc(Cl)c1Cl)NNC(=O)c1ccc(Br)cc1. The second-order valence-corrected chi connectivity index (χ2v) is 7.52. The van der Waals surface area contributed by atoms with Crippen LogP contribution < -0.4 is 16.2 Å². The van der Waals surface area contributed by atoms with Gasteiger partial charge in [0, 0.05) is 16.5 Å². The molecule has 2 rings (SSSR count). The Morgan fingerprint density at radius 3 is 2.30 bits per heavy atom. The first-order valence-electron chi connectivity index (χ1n) is 8.50. The molecule has 0 saturated carbocycles. The Balaban J connectivity index is 1.66. The van der Waals surface area contributed by atoms with Gasteiger partial charge in [0.2, 0.25) is 5.91 Å². The van der Waals surface area contributed by atoms with Crippen LogP contribution >= 0.6 is 39.1 Å². The van der Waals surface area contributed by atoms with Crippen LogP contribution in [-0.2, 0) is 19.1 Å². The van der Waals surface area contributed by atoms with Crippen LogP contribution in [0.2, 0.25) is 10.0 Å².